The van der Waals surface area contributed by atoms with Crippen molar-refractivity contribution in [3.8, 4) is 5.75 Å². The van der Waals surface area contributed by atoms with E-state index >= 15 is 0 Å². The van der Waals surface area contributed by atoms with Gasteiger partial charge in [0.15, 0.2) is 6.61 Å². The summed E-state index contributed by atoms with van der Waals surface area (Å²) in [5.74, 6) is -0.134. The number of halogens is 1. The zero-order valence-electron chi connectivity index (χ0n) is 14.9. The summed E-state index contributed by atoms with van der Waals surface area (Å²) in [4.78, 5) is 13.8. The molecule has 0 spiro atoms. The lowest BCUT2D eigenvalue weighted by Gasteiger charge is -2.26. The molecule has 0 saturated carbocycles. The summed E-state index contributed by atoms with van der Waals surface area (Å²) >= 11 is 5.97. The highest BCUT2D eigenvalue weighted by atomic mass is 35.5. The van der Waals surface area contributed by atoms with E-state index in [1.54, 1.807) is 4.90 Å². The van der Waals surface area contributed by atoms with Gasteiger partial charge in [-0.2, -0.15) is 0 Å². The predicted octanol–water partition coefficient (Wildman–Crippen LogP) is 1.03. The van der Waals surface area contributed by atoms with E-state index in [-0.39, 0.29) is 40.8 Å². The normalized spacial score (nSPS) is 20.6. The molecule has 27 heavy (non-hydrogen) atoms. The Morgan fingerprint density at radius 1 is 1.30 bits per heavy atom. The smallest absolute Gasteiger partial charge is 0.260 e. The number of hydrogen-bond acceptors (Lipinski definition) is 6. The molecule has 2 aliphatic rings. The Balaban J connectivity index is 1.67. The summed E-state index contributed by atoms with van der Waals surface area (Å²) in [6, 6.07) is 4.29. The van der Waals surface area contributed by atoms with Crippen LogP contribution in [0.2, 0.25) is 5.02 Å². The number of carbonyl (C=O) groups excluding carboxylic acids is 1. The summed E-state index contributed by atoms with van der Waals surface area (Å²) in [6.07, 6.45) is 1.60. The molecule has 2 saturated heterocycles. The third-order valence-electron chi connectivity index (χ3n) is 4.44. The van der Waals surface area contributed by atoms with Crippen LogP contribution < -0.4 is 9.46 Å². The molecule has 1 amide bonds. The molecular weight excluding hydrogens is 396 g/mol. The molecule has 1 unspecified atom stereocenters. The van der Waals surface area contributed by atoms with E-state index in [0.717, 1.165) is 12.8 Å². The quantitative estimate of drug-likeness (QED) is 0.710. The lowest BCUT2D eigenvalue weighted by atomic mass is 10.2. The van der Waals surface area contributed by atoms with E-state index < -0.39 is 10.0 Å². The molecule has 1 atom stereocenters. The van der Waals surface area contributed by atoms with Gasteiger partial charge in [-0.05, 0) is 31.0 Å². The zero-order chi connectivity index (χ0) is 19.3. The highest BCUT2D eigenvalue weighted by Crippen LogP contribution is 2.27. The Bertz CT molecular complexity index is 761. The van der Waals surface area contributed by atoms with Crippen molar-refractivity contribution in [3.63, 3.8) is 0 Å². The number of morpholine rings is 1. The second-order valence-electron chi connectivity index (χ2n) is 6.36. The summed E-state index contributed by atoms with van der Waals surface area (Å²) in [5.41, 5.74) is 0. The number of ether oxygens (including phenoxy) is 3. The molecule has 150 valence electrons. The number of benzene rings is 1. The van der Waals surface area contributed by atoms with Crippen LogP contribution in [-0.4, -0.2) is 71.4 Å². The van der Waals surface area contributed by atoms with Gasteiger partial charge in [-0.1, -0.05) is 11.6 Å². The first-order valence-corrected chi connectivity index (χ1v) is 10.7. The third kappa shape index (κ3) is 5.55. The molecule has 2 fully saturated rings. The van der Waals surface area contributed by atoms with Crippen molar-refractivity contribution in [2.24, 2.45) is 0 Å². The highest BCUT2D eigenvalue weighted by Gasteiger charge is 2.25. The Morgan fingerprint density at radius 2 is 2.07 bits per heavy atom. The molecule has 0 radical (unpaired) electrons. The minimum absolute atomic E-state index is 0.0841. The second-order valence-corrected chi connectivity index (χ2v) is 8.53. The highest BCUT2D eigenvalue weighted by molar-refractivity contribution is 7.89. The van der Waals surface area contributed by atoms with Gasteiger partial charge >= 0.3 is 0 Å². The molecule has 0 aromatic heterocycles. The van der Waals surface area contributed by atoms with Crippen LogP contribution in [0, 0.1) is 0 Å². The molecule has 3 rings (SSSR count). The number of nitrogens with one attached hydrogen (secondary N) is 1. The molecule has 10 heteroatoms. The molecule has 2 heterocycles. The molecular formula is C17H23ClN2O6S. The summed E-state index contributed by atoms with van der Waals surface area (Å²) < 4.78 is 44.1. The van der Waals surface area contributed by atoms with Gasteiger partial charge in [0.1, 0.15) is 10.6 Å². The van der Waals surface area contributed by atoms with Crippen molar-refractivity contribution in [2.75, 3.05) is 46.1 Å². The van der Waals surface area contributed by atoms with Crippen molar-refractivity contribution >= 4 is 27.5 Å². The fourth-order valence-corrected chi connectivity index (χ4v) is 4.41. The van der Waals surface area contributed by atoms with Gasteiger partial charge in [0.05, 0.1) is 19.3 Å². The van der Waals surface area contributed by atoms with Crippen LogP contribution >= 0.6 is 11.6 Å². The monoisotopic (exact) mass is 418 g/mol. The molecule has 2 aliphatic heterocycles. The molecule has 1 aromatic carbocycles. The first-order valence-electron chi connectivity index (χ1n) is 8.85. The van der Waals surface area contributed by atoms with Crippen LogP contribution in [0.5, 0.6) is 5.75 Å². The second kappa shape index (κ2) is 9.20. The van der Waals surface area contributed by atoms with Gasteiger partial charge in [0.2, 0.25) is 10.0 Å². The predicted molar refractivity (Wildman–Crippen MR) is 98.5 cm³/mol. The lowest BCUT2D eigenvalue weighted by Crippen LogP contribution is -2.43. The van der Waals surface area contributed by atoms with Gasteiger partial charge < -0.3 is 19.1 Å². The summed E-state index contributed by atoms with van der Waals surface area (Å²) in [7, 11) is -3.86. The largest absolute Gasteiger partial charge is 0.482 e. The summed E-state index contributed by atoms with van der Waals surface area (Å²) in [6.45, 7) is 2.53. The number of hydrogen-bond donors (Lipinski definition) is 1. The van der Waals surface area contributed by atoms with E-state index in [9.17, 15) is 13.2 Å². The molecule has 1 aromatic rings. The van der Waals surface area contributed by atoms with E-state index in [1.807, 2.05) is 0 Å². The lowest BCUT2D eigenvalue weighted by molar-refractivity contribution is -0.137. The topological polar surface area (TPSA) is 94.2 Å². The number of carbonyl (C=O) groups is 1. The molecule has 0 bridgehead atoms. The Kier molecular flexibility index (Phi) is 6.93. The maximum absolute atomic E-state index is 12.7. The van der Waals surface area contributed by atoms with Crippen molar-refractivity contribution in [1.29, 1.82) is 0 Å². The van der Waals surface area contributed by atoms with Crippen molar-refractivity contribution in [2.45, 2.75) is 23.8 Å². The van der Waals surface area contributed by atoms with Crippen LogP contribution in [0.4, 0.5) is 0 Å². The maximum Gasteiger partial charge on any atom is 0.260 e. The van der Waals surface area contributed by atoms with Crippen molar-refractivity contribution in [1.82, 2.24) is 9.62 Å². The van der Waals surface area contributed by atoms with Gasteiger partial charge in [-0.3, -0.25) is 4.79 Å². The SMILES string of the molecule is O=C(COc1ccc(Cl)cc1S(=O)(=O)NCC1CCCO1)N1CCOCC1. The molecule has 0 aliphatic carbocycles. The minimum Gasteiger partial charge on any atom is -0.482 e. The Labute approximate surface area is 163 Å². The fraction of sp³-hybridized carbons (Fsp3) is 0.588. The average Bonchev–Trinajstić information content (AvgIpc) is 3.19. The van der Waals surface area contributed by atoms with Gasteiger partial charge in [0, 0.05) is 31.3 Å². The van der Waals surface area contributed by atoms with Crippen molar-refractivity contribution < 1.29 is 27.4 Å². The standard InChI is InChI=1S/C17H23ClN2O6S/c18-13-3-4-15(26-12-17(21)20-5-8-24-9-6-20)16(10-13)27(22,23)19-11-14-2-1-7-25-14/h3-4,10,14,19H,1-2,5-9,11-12H2. The number of sulfonamides is 1. The third-order valence-corrected chi connectivity index (χ3v) is 6.12. The minimum atomic E-state index is -3.86. The fourth-order valence-electron chi connectivity index (χ4n) is 2.94. The summed E-state index contributed by atoms with van der Waals surface area (Å²) in [5, 5.41) is 0.263. The van der Waals surface area contributed by atoms with Crippen LogP contribution in [0.3, 0.4) is 0 Å². The molecule has 8 nitrogen and oxygen atoms in total. The van der Waals surface area contributed by atoms with Crippen LogP contribution in [0.15, 0.2) is 23.1 Å². The molecule has 1 N–H and O–H groups in total. The number of nitrogens with zero attached hydrogens (tertiary/aromatic N) is 1. The van der Waals surface area contributed by atoms with Gasteiger partial charge in [-0.25, -0.2) is 13.1 Å². The van der Waals surface area contributed by atoms with E-state index in [2.05, 4.69) is 4.72 Å². The van der Waals surface area contributed by atoms with Crippen LogP contribution in [-0.2, 0) is 24.3 Å². The van der Waals surface area contributed by atoms with Gasteiger partial charge in [-0.15, -0.1) is 0 Å². The van der Waals surface area contributed by atoms with E-state index in [1.165, 1.54) is 18.2 Å². The van der Waals surface area contributed by atoms with Crippen LogP contribution in [0.1, 0.15) is 12.8 Å². The van der Waals surface area contributed by atoms with Crippen LogP contribution in [0.25, 0.3) is 0 Å². The van der Waals surface area contributed by atoms with E-state index in [4.69, 9.17) is 25.8 Å². The number of rotatable bonds is 7. The van der Waals surface area contributed by atoms with E-state index in [0.29, 0.717) is 32.9 Å². The zero-order valence-corrected chi connectivity index (χ0v) is 16.4. The maximum atomic E-state index is 12.7. The van der Waals surface area contributed by atoms with Crippen molar-refractivity contribution in [3.05, 3.63) is 23.2 Å². The average molecular weight is 419 g/mol. The number of amides is 1. The Morgan fingerprint density at radius 3 is 2.78 bits per heavy atom. The van der Waals surface area contributed by atoms with Gasteiger partial charge in [0.25, 0.3) is 5.91 Å². The Hall–Kier alpha value is -1.39. The first-order chi connectivity index (χ1) is 13.0. The first kappa shape index (κ1) is 20.3.